The molecule has 1 atom stereocenters. The molecule has 5 rings (SSSR count). The molecule has 0 bridgehead atoms. The van der Waals surface area contributed by atoms with Gasteiger partial charge in [-0.2, -0.15) is 0 Å². The molecule has 0 spiro atoms. The lowest BCUT2D eigenvalue weighted by Gasteiger charge is -2.21. The van der Waals surface area contributed by atoms with Gasteiger partial charge in [-0.25, -0.2) is 4.39 Å². The molecule has 0 saturated heterocycles. The number of para-hydroxylation sites is 1. The molecule has 5 nitrogen and oxygen atoms in total. The minimum atomic E-state index is -0.410. The molecule has 0 aliphatic carbocycles. The fourth-order valence-electron chi connectivity index (χ4n) is 4.16. The zero-order valence-electron chi connectivity index (χ0n) is 18.5. The highest BCUT2D eigenvalue weighted by molar-refractivity contribution is 6.05. The fourth-order valence-corrected chi connectivity index (χ4v) is 4.16. The second-order valence-corrected chi connectivity index (χ2v) is 8.06. The molecule has 2 heterocycles. The molecule has 0 saturated carbocycles. The summed E-state index contributed by atoms with van der Waals surface area (Å²) in [5, 5.41) is 7.23. The van der Waals surface area contributed by atoms with E-state index in [0.29, 0.717) is 16.9 Å². The number of aromatic nitrogens is 2. The lowest BCUT2D eigenvalue weighted by Crippen LogP contribution is -2.15. The summed E-state index contributed by atoms with van der Waals surface area (Å²) in [6, 6.07) is 26.7. The van der Waals surface area contributed by atoms with E-state index in [4.69, 9.17) is 0 Å². The van der Waals surface area contributed by atoms with Crippen LogP contribution in [0.2, 0.25) is 0 Å². The number of amides is 1. The number of H-pyrrole nitrogens is 1. The van der Waals surface area contributed by atoms with Crippen molar-refractivity contribution in [3.8, 4) is 0 Å². The quantitative estimate of drug-likeness (QED) is 0.278. The van der Waals surface area contributed by atoms with Crippen LogP contribution < -0.4 is 10.6 Å². The molecule has 1 amide bonds. The smallest absolute Gasteiger partial charge is 0.255 e. The van der Waals surface area contributed by atoms with Gasteiger partial charge in [0.2, 0.25) is 0 Å². The first-order valence-electron chi connectivity index (χ1n) is 11.0. The number of hydrogen-bond acceptors (Lipinski definition) is 3. The summed E-state index contributed by atoms with van der Waals surface area (Å²) in [5.74, 6) is -0.517. The molecule has 168 valence electrons. The molecular formula is C28H23FN4O. The maximum absolute atomic E-state index is 14.6. The molecular weight excluding hydrogens is 427 g/mol. The van der Waals surface area contributed by atoms with Gasteiger partial charge in [-0.15, -0.1) is 0 Å². The summed E-state index contributed by atoms with van der Waals surface area (Å²) in [6.45, 7) is 1.98. The predicted octanol–water partition coefficient (Wildman–Crippen LogP) is 6.46. The van der Waals surface area contributed by atoms with E-state index in [1.54, 1.807) is 36.5 Å². The number of aromatic amines is 1. The van der Waals surface area contributed by atoms with Crippen LogP contribution in [0.5, 0.6) is 0 Å². The fraction of sp³-hybridized carbons (Fsp3) is 0.0714. The summed E-state index contributed by atoms with van der Waals surface area (Å²) in [4.78, 5) is 20.7. The zero-order chi connectivity index (χ0) is 23.5. The summed E-state index contributed by atoms with van der Waals surface area (Å²) in [6.07, 6.45) is 1.72. The monoisotopic (exact) mass is 450 g/mol. The van der Waals surface area contributed by atoms with Gasteiger partial charge in [-0.1, -0.05) is 36.4 Å². The molecule has 3 aromatic carbocycles. The molecule has 34 heavy (non-hydrogen) atoms. The lowest BCUT2D eigenvalue weighted by atomic mass is 9.98. The van der Waals surface area contributed by atoms with Crippen LogP contribution in [0, 0.1) is 12.7 Å². The zero-order valence-corrected chi connectivity index (χ0v) is 18.5. The highest BCUT2D eigenvalue weighted by atomic mass is 19.1. The van der Waals surface area contributed by atoms with Crippen LogP contribution in [0.1, 0.15) is 33.4 Å². The van der Waals surface area contributed by atoms with Crippen LogP contribution >= 0.6 is 0 Å². The molecule has 3 N–H and O–H groups in total. The van der Waals surface area contributed by atoms with Crippen molar-refractivity contribution in [1.82, 2.24) is 9.97 Å². The van der Waals surface area contributed by atoms with Gasteiger partial charge in [0.05, 0.1) is 17.4 Å². The Morgan fingerprint density at radius 2 is 1.71 bits per heavy atom. The molecule has 1 unspecified atom stereocenters. The molecule has 0 radical (unpaired) electrons. The molecule has 6 heteroatoms. The third kappa shape index (κ3) is 4.26. The summed E-state index contributed by atoms with van der Waals surface area (Å²) >= 11 is 0. The van der Waals surface area contributed by atoms with Crippen molar-refractivity contribution in [3.63, 3.8) is 0 Å². The second kappa shape index (κ2) is 9.19. The molecule has 5 aromatic rings. The average Bonchev–Trinajstić information content (AvgIpc) is 3.19. The van der Waals surface area contributed by atoms with Gasteiger partial charge in [-0.05, 0) is 61.5 Å². The van der Waals surface area contributed by atoms with Crippen LogP contribution in [-0.4, -0.2) is 15.9 Å². The minimum absolute atomic E-state index is 0.181. The van der Waals surface area contributed by atoms with E-state index in [1.165, 1.54) is 6.07 Å². The van der Waals surface area contributed by atoms with Gasteiger partial charge in [0.1, 0.15) is 5.82 Å². The number of nitrogens with one attached hydrogen (secondary N) is 3. The number of aryl methyl sites for hydroxylation is 1. The molecule has 0 fully saturated rings. The van der Waals surface area contributed by atoms with Crippen molar-refractivity contribution < 1.29 is 9.18 Å². The number of halogens is 1. The van der Waals surface area contributed by atoms with Crippen molar-refractivity contribution in [2.24, 2.45) is 0 Å². The minimum Gasteiger partial charge on any atom is -0.370 e. The van der Waals surface area contributed by atoms with Crippen LogP contribution in [0.15, 0.2) is 97.2 Å². The van der Waals surface area contributed by atoms with E-state index in [0.717, 1.165) is 27.9 Å². The Hall–Kier alpha value is -4.45. The van der Waals surface area contributed by atoms with Gasteiger partial charge < -0.3 is 15.6 Å². The van der Waals surface area contributed by atoms with E-state index in [2.05, 4.69) is 20.6 Å². The number of fused-ring (bicyclic) bond motifs is 1. The first-order valence-corrected chi connectivity index (χ1v) is 11.0. The Morgan fingerprint density at radius 3 is 2.47 bits per heavy atom. The van der Waals surface area contributed by atoms with Crippen molar-refractivity contribution >= 4 is 28.2 Å². The van der Waals surface area contributed by atoms with E-state index in [1.807, 2.05) is 61.5 Å². The Bertz CT molecular complexity index is 1450. The molecule has 2 aromatic heterocycles. The van der Waals surface area contributed by atoms with Crippen LogP contribution in [0.4, 0.5) is 15.8 Å². The summed E-state index contributed by atoms with van der Waals surface area (Å²) in [5.41, 5.74) is 5.19. The van der Waals surface area contributed by atoms with Gasteiger partial charge in [0.15, 0.2) is 0 Å². The maximum atomic E-state index is 14.6. The number of hydrogen-bond donors (Lipinski definition) is 3. The van der Waals surface area contributed by atoms with E-state index in [9.17, 15) is 9.18 Å². The van der Waals surface area contributed by atoms with Gasteiger partial charge in [0, 0.05) is 39.6 Å². The van der Waals surface area contributed by atoms with Crippen molar-refractivity contribution in [3.05, 3.63) is 126 Å². The predicted molar refractivity (Wildman–Crippen MR) is 134 cm³/mol. The normalized spacial score (nSPS) is 11.8. The summed E-state index contributed by atoms with van der Waals surface area (Å²) in [7, 11) is 0. The lowest BCUT2D eigenvalue weighted by molar-refractivity contribution is 0.102. The SMILES string of the molecule is Cc1[nH]c2ccc(NC(=O)c3ccccc3)cc2c1C(Nc1ccccc1F)c1ccccn1. The second-order valence-electron chi connectivity index (χ2n) is 8.06. The topological polar surface area (TPSA) is 69.8 Å². The third-order valence-corrected chi connectivity index (χ3v) is 5.78. The highest BCUT2D eigenvalue weighted by Gasteiger charge is 2.23. The number of carbonyl (C=O) groups excluding carboxylic acids is 1. The van der Waals surface area contributed by atoms with Crippen LogP contribution in [0.3, 0.4) is 0 Å². The van der Waals surface area contributed by atoms with Crippen molar-refractivity contribution in [1.29, 1.82) is 0 Å². The first kappa shape index (κ1) is 21.4. The van der Waals surface area contributed by atoms with E-state index < -0.39 is 6.04 Å². The molecule has 0 aliphatic rings. The number of nitrogens with zero attached hydrogens (tertiary/aromatic N) is 1. The Labute approximate surface area is 196 Å². The Kier molecular flexibility index (Phi) is 5.79. The van der Waals surface area contributed by atoms with Gasteiger partial charge >= 0.3 is 0 Å². The average molecular weight is 451 g/mol. The van der Waals surface area contributed by atoms with Crippen LogP contribution in [0.25, 0.3) is 10.9 Å². The Morgan fingerprint density at radius 1 is 0.941 bits per heavy atom. The number of carbonyl (C=O) groups is 1. The Balaban J connectivity index is 1.58. The van der Waals surface area contributed by atoms with E-state index in [-0.39, 0.29) is 11.7 Å². The van der Waals surface area contributed by atoms with Crippen molar-refractivity contribution in [2.75, 3.05) is 10.6 Å². The van der Waals surface area contributed by atoms with Gasteiger partial charge in [-0.3, -0.25) is 9.78 Å². The van der Waals surface area contributed by atoms with Gasteiger partial charge in [0.25, 0.3) is 5.91 Å². The number of anilines is 2. The number of benzene rings is 3. The molecule has 0 aliphatic heterocycles. The highest BCUT2D eigenvalue weighted by Crippen LogP contribution is 2.35. The largest absolute Gasteiger partial charge is 0.370 e. The first-order chi connectivity index (χ1) is 16.6. The van der Waals surface area contributed by atoms with E-state index >= 15 is 0 Å². The van der Waals surface area contributed by atoms with Crippen LogP contribution in [-0.2, 0) is 0 Å². The number of rotatable bonds is 6. The summed E-state index contributed by atoms with van der Waals surface area (Å²) < 4.78 is 14.6. The van der Waals surface area contributed by atoms with Crippen molar-refractivity contribution in [2.45, 2.75) is 13.0 Å². The number of pyridine rings is 1. The standard InChI is InChI=1S/C28H23FN4O/c1-18-26(27(25-13-7-8-16-30-25)33-24-12-6-5-11-22(24)29)21-17-20(14-15-23(21)31-18)32-28(34)19-9-3-2-4-10-19/h2-17,27,31,33H,1H3,(H,32,34). The third-order valence-electron chi connectivity index (χ3n) is 5.78. The maximum Gasteiger partial charge on any atom is 0.255 e.